The normalized spacial score (nSPS) is 27.5. The van der Waals surface area contributed by atoms with Gasteiger partial charge in [0.05, 0.1) is 12.5 Å². The van der Waals surface area contributed by atoms with Crippen LogP contribution in [-0.2, 0) is 6.42 Å². The second-order valence-corrected chi connectivity index (χ2v) is 4.63. The molecule has 2 unspecified atom stereocenters. The highest BCUT2D eigenvalue weighted by Crippen LogP contribution is 2.26. The molecule has 1 aliphatic carbocycles. The predicted molar refractivity (Wildman–Crippen MR) is 61.8 cm³/mol. The molecule has 1 aliphatic rings. The van der Waals surface area contributed by atoms with E-state index in [1.165, 1.54) is 44.1 Å². The van der Waals surface area contributed by atoms with Gasteiger partial charge in [-0.3, -0.25) is 0 Å². The molecule has 0 bridgehead atoms. The predicted octanol–water partition coefficient (Wildman–Crippen LogP) is 2.99. The van der Waals surface area contributed by atoms with Gasteiger partial charge in [0.2, 0.25) is 0 Å². The second kappa shape index (κ2) is 5.36. The summed E-state index contributed by atoms with van der Waals surface area (Å²) in [7, 11) is 2.10. The van der Waals surface area contributed by atoms with Gasteiger partial charge in [-0.15, -0.1) is 0 Å². The third kappa shape index (κ3) is 2.85. The molecule has 0 aromatic carbocycles. The zero-order valence-corrected chi connectivity index (χ0v) is 9.54. The van der Waals surface area contributed by atoms with Crippen molar-refractivity contribution >= 4 is 0 Å². The van der Waals surface area contributed by atoms with Gasteiger partial charge in [0.1, 0.15) is 0 Å². The Hall–Kier alpha value is -0.760. The lowest BCUT2D eigenvalue weighted by Crippen LogP contribution is -2.33. The van der Waals surface area contributed by atoms with Gasteiger partial charge in [0.15, 0.2) is 0 Å². The molecule has 2 atom stereocenters. The molecular weight excluding hydrogens is 186 g/mol. The molecule has 1 aromatic rings. The molecule has 0 spiro atoms. The Bertz CT molecular complexity index is 268. The van der Waals surface area contributed by atoms with Crippen LogP contribution in [0.3, 0.4) is 0 Å². The fourth-order valence-corrected chi connectivity index (χ4v) is 2.72. The summed E-state index contributed by atoms with van der Waals surface area (Å²) < 4.78 is 5.14. The molecule has 1 saturated carbocycles. The van der Waals surface area contributed by atoms with Crippen molar-refractivity contribution in [2.24, 2.45) is 5.92 Å². The Morgan fingerprint density at radius 1 is 1.33 bits per heavy atom. The lowest BCUT2D eigenvalue weighted by molar-refractivity contribution is 0.349. The monoisotopic (exact) mass is 207 g/mol. The van der Waals surface area contributed by atoms with Crippen molar-refractivity contribution in [3.05, 3.63) is 24.2 Å². The quantitative estimate of drug-likeness (QED) is 0.771. The minimum atomic E-state index is 0.697. The third-order valence-corrected chi connectivity index (χ3v) is 3.61. The van der Waals surface area contributed by atoms with Crippen molar-refractivity contribution in [1.82, 2.24) is 5.32 Å². The van der Waals surface area contributed by atoms with Gasteiger partial charge < -0.3 is 9.73 Å². The highest BCUT2D eigenvalue weighted by atomic mass is 16.3. The SMILES string of the molecule is CNC1CCCCCC1Cc1ccoc1. The van der Waals surface area contributed by atoms with E-state index in [1.807, 2.05) is 6.26 Å². The van der Waals surface area contributed by atoms with Crippen molar-refractivity contribution in [2.45, 2.75) is 44.6 Å². The lowest BCUT2D eigenvalue weighted by Gasteiger charge is -2.24. The van der Waals surface area contributed by atoms with Crippen molar-refractivity contribution < 1.29 is 4.42 Å². The first kappa shape index (κ1) is 10.7. The molecule has 1 heterocycles. The van der Waals surface area contributed by atoms with E-state index >= 15 is 0 Å². The van der Waals surface area contributed by atoms with Crippen LogP contribution in [0.4, 0.5) is 0 Å². The summed E-state index contributed by atoms with van der Waals surface area (Å²) in [5.74, 6) is 0.787. The summed E-state index contributed by atoms with van der Waals surface area (Å²) in [5.41, 5.74) is 1.35. The molecule has 15 heavy (non-hydrogen) atoms. The van der Waals surface area contributed by atoms with Gasteiger partial charge in [0, 0.05) is 6.04 Å². The van der Waals surface area contributed by atoms with Gasteiger partial charge in [-0.25, -0.2) is 0 Å². The van der Waals surface area contributed by atoms with Crippen molar-refractivity contribution in [2.75, 3.05) is 7.05 Å². The zero-order valence-electron chi connectivity index (χ0n) is 9.54. The molecule has 0 saturated heterocycles. The molecule has 1 N–H and O–H groups in total. The summed E-state index contributed by atoms with van der Waals surface area (Å²) in [4.78, 5) is 0. The Balaban J connectivity index is 1.97. The summed E-state index contributed by atoms with van der Waals surface area (Å²) >= 11 is 0. The number of nitrogens with one attached hydrogen (secondary N) is 1. The van der Waals surface area contributed by atoms with Crippen LogP contribution in [0.1, 0.15) is 37.7 Å². The molecule has 1 fully saturated rings. The van der Waals surface area contributed by atoms with Crippen LogP contribution in [0.2, 0.25) is 0 Å². The highest BCUT2D eigenvalue weighted by Gasteiger charge is 2.22. The van der Waals surface area contributed by atoms with E-state index in [2.05, 4.69) is 18.4 Å². The molecule has 1 aromatic heterocycles. The molecule has 84 valence electrons. The van der Waals surface area contributed by atoms with Crippen LogP contribution in [0.25, 0.3) is 0 Å². The van der Waals surface area contributed by atoms with Gasteiger partial charge in [-0.05, 0) is 43.9 Å². The minimum absolute atomic E-state index is 0.697. The summed E-state index contributed by atoms with van der Waals surface area (Å²) in [6, 6.07) is 2.79. The lowest BCUT2D eigenvalue weighted by atomic mass is 9.89. The van der Waals surface area contributed by atoms with Crippen LogP contribution in [0.5, 0.6) is 0 Å². The highest BCUT2D eigenvalue weighted by molar-refractivity contribution is 5.07. The number of furan rings is 1. The van der Waals surface area contributed by atoms with Gasteiger partial charge in [0.25, 0.3) is 0 Å². The first-order chi connectivity index (χ1) is 7.40. The van der Waals surface area contributed by atoms with E-state index in [9.17, 15) is 0 Å². The largest absolute Gasteiger partial charge is 0.472 e. The zero-order chi connectivity index (χ0) is 10.5. The van der Waals surface area contributed by atoms with E-state index in [0.29, 0.717) is 6.04 Å². The van der Waals surface area contributed by atoms with Gasteiger partial charge in [-0.1, -0.05) is 19.3 Å². The van der Waals surface area contributed by atoms with Gasteiger partial charge in [-0.2, -0.15) is 0 Å². The molecule has 2 heteroatoms. The first-order valence-electron chi connectivity index (χ1n) is 6.08. The third-order valence-electron chi connectivity index (χ3n) is 3.61. The van der Waals surface area contributed by atoms with Crippen LogP contribution >= 0.6 is 0 Å². The second-order valence-electron chi connectivity index (χ2n) is 4.63. The Morgan fingerprint density at radius 3 is 2.93 bits per heavy atom. The summed E-state index contributed by atoms with van der Waals surface area (Å²) in [5, 5.41) is 3.48. The Morgan fingerprint density at radius 2 is 2.20 bits per heavy atom. The maximum absolute atomic E-state index is 5.14. The van der Waals surface area contributed by atoms with E-state index in [-0.39, 0.29) is 0 Å². The fraction of sp³-hybridized carbons (Fsp3) is 0.692. The topological polar surface area (TPSA) is 25.2 Å². The molecule has 2 nitrogen and oxygen atoms in total. The minimum Gasteiger partial charge on any atom is -0.472 e. The van der Waals surface area contributed by atoms with Crippen LogP contribution in [0.15, 0.2) is 23.0 Å². The smallest absolute Gasteiger partial charge is 0.0934 e. The summed E-state index contributed by atoms with van der Waals surface area (Å²) in [6.45, 7) is 0. The summed E-state index contributed by atoms with van der Waals surface area (Å²) in [6.07, 6.45) is 11.7. The molecule has 0 aliphatic heterocycles. The van der Waals surface area contributed by atoms with E-state index < -0.39 is 0 Å². The molecule has 0 amide bonds. The Labute approximate surface area is 92.1 Å². The van der Waals surface area contributed by atoms with Crippen molar-refractivity contribution in [3.8, 4) is 0 Å². The van der Waals surface area contributed by atoms with Gasteiger partial charge >= 0.3 is 0 Å². The van der Waals surface area contributed by atoms with E-state index in [1.54, 1.807) is 6.26 Å². The van der Waals surface area contributed by atoms with Crippen molar-refractivity contribution in [3.63, 3.8) is 0 Å². The van der Waals surface area contributed by atoms with Crippen LogP contribution in [-0.4, -0.2) is 13.1 Å². The standard InChI is InChI=1S/C13H21NO/c1-14-13-6-4-2-3-5-12(13)9-11-7-8-15-10-11/h7-8,10,12-14H,2-6,9H2,1H3. The first-order valence-corrected chi connectivity index (χ1v) is 6.08. The average Bonchev–Trinajstić information content (AvgIpc) is 2.64. The molecular formula is C13H21NO. The maximum Gasteiger partial charge on any atom is 0.0934 e. The Kier molecular flexibility index (Phi) is 3.84. The molecule has 0 radical (unpaired) electrons. The van der Waals surface area contributed by atoms with E-state index in [0.717, 1.165) is 5.92 Å². The van der Waals surface area contributed by atoms with Crippen LogP contribution < -0.4 is 5.32 Å². The number of hydrogen-bond donors (Lipinski definition) is 1. The van der Waals surface area contributed by atoms with Crippen molar-refractivity contribution in [1.29, 1.82) is 0 Å². The maximum atomic E-state index is 5.14. The molecule has 2 rings (SSSR count). The number of rotatable bonds is 3. The fourth-order valence-electron chi connectivity index (χ4n) is 2.72. The van der Waals surface area contributed by atoms with E-state index in [4.69, 9.17) is 4.42 Å². The average molecular weight is 207 g/mol. The van der Waals surface area contributed by atoms with Crippen LogP contribution in [0, 0.1) is 5.92 Å². The number of hydrogen-bond acceptors (Lipinski definition) is 2.